The van der Waals surface area contributed by atoms with Gasteiger partial charge in [-0.3, -0.25) is 9.69 Å². The maximum Gasteiger partial charge on any atom is 0.323 e. The Morgan fingerprint density at radius 1 is 1.07 bits per heavy atom. The molecule has 7 nitrogen and oxygen atoms in total. The van der Waals surface area contributed by atoms with Crippen LogP contribution >= 0.6 is 0 Å². The maximum atomic E-state index is 13.2. The topological polar surface area (TPSA) is 84.3 Å². The molecule has 2 N–H and O–H groups in total. The fourth-order valence-electron chi connectivity index (χ4n) is 5.74. The van der Waals surface area contributed by atoms with Crippen LogP contribution in [-0.2, 0) is 10.3 Å². The number of hydrogen-bond acceptors (Lipinski definition) is 4. The van der Waals surface area contributed by atoms with E-state index >= 15 is 0 Å². The molecule has 2 amide bonds. The van der Waals surface area contributed by atoms with Crippen LogP contribution < -0.4 is 0 Å². The Hall–Kier alpha value is -2.12. The van der Waals surface area contributed by atoms with Gasteiger partial charge in [-0.15, -0.1) is 0 Å². The van der Waals surface area contributed by atoms with Crippen LogP contribution in [0.2, 0.25) is 0 Å². The number of hydrogen-bond donors (Lipinski definition) is 2. The lowest BCUT2D eigenvalue weighted by Crippen LogP contribution is -2.59. The van der Waals surface area contributed by atoms with Gasteiger partial charge in [0.1, 0.15) is 6.54 Å². The van der Waals surface area contributed by atoms with Crippen molar-refractivity contribution in [3.63, 3.8) is 0 Å². The first kappa shape index (κ1) is 21.1. The third-order valence-corrected chi connectivity index (χ3v) is 7.80. The maximum absolute atomic E-state index is 13.2. The van der Waals surface area contributed by atoms with Crippen molar-refractivity contribution in [3.8, 4) is 0 Å². The van der Waals surface area contributed by atoms with Crippen molar-refractivity contribution in [3.05, 3.63) is 35.9 Å². The second kappa shape index (κ2) is 7.54. The molecule has 2 aliphatic carbocycles. The van der Waals surface area contributed by atoms with Crippen LogP contribution in [0, 0.1) is 0 Å². The predicted octanol–water partition coefficient (Wildman–Crippen LogP) is 2.49. The summed E-state index contributed by atoms with van der Waals surface area (Å²) >= 11 is 0. The van der Waals surface area contributed by atoms with Gasteiger partial charge in [0.05, 0.1) is 17.7 Å². The molecule has 3 fully saturated rings. The van der Waals surface area contributed by atoms with Gasteiger partial charge in [-0.25, -0.2) is 4.79 Å². The number of carboxylic acid groups (broad SMARTS) is 1. The quantitative estimate of drug-likeness (QED) is 0.746. The molecular formula is C23H33N3O4. The highest BCUT2D eigenvalue weighted by molar-refractivity contribution is 5.83. The molecule has 7 heteroatoms. The largest absolute Gasteiger partial charge is 0.480 e. The monoisotopic (exact) mass is 415 g/mol. The fourth-order valence-corrected chi connectivity index (χ4v) is 5.74. The Balaban J connectivity index is 1.61. The van der Waals surface area contributed by atoms with Crippen molar-refractivity contribution >= 4 is 12.0 Å². The molecule has 30 heavy (non-hydrogen) atoms. The Kier molecular flexibility index (Phi) is 5.31. The number of nitrogens with zero attached hydrogens (tertiary/aromatic N) is 3. The van der Waals surface area contributed by atoms with Crippen LogP contribution in [-0.4, -0.2) is 81.8 Å². The number of urea groups is 1. The van der Waals surface area contributed by atoms with Crippen molar-refractivity contribution < 1.29 is 19.8 Å². The van der Waals surface area contributed by atoms with E-state index in [1.165, 1.54) is 10.5 Å². The number of aliphatic carboxylic acids is 1. The molecular weight excluding hydrogens is 382 g/mol. The first-order valence-corrected chi connectivity index (χ1v) is 10.9. The molecule has 1 aliphatic heterocycles. The highest BCUT2D eigenvalue weighted by Gasteiger charge is 2.56. The highest BCUT2D eigenvalue weighted by atomic mass is 16.4. The van der Waals surface area contributed by atoms with Crippen LogP contribution in [0.3, 0.4) is 0 Å². The second-order valence-electron chi connectivity index (χ2n) is 9.71. The van der Waals surface area contributed by atoms with E-state index in [-0.39, 0.29) is 18.1 Å². The third kappa shape index (κ3) is 3.48. The molecule has 3 aliphatic rings. The normalized spacial score (nSPS) is 30.7. The Labute approximate surface area is 178 Å². The van der Waals surface area contributed by atoms with Gasteiger partial charge in [-0.05, 0) is 64.6 Å². The number of carboxylic acids is 1. The van der Waals surface area contributed by atoms with Crippen molar-refractivity contribution in [2.45, 2.75) is 61.6 Å². The number of carbonyl (C=O) groups excluding carboxylic acids is 1. The zero-order valence-corrected chi connectivity index (χ0v) is 18.0. The molecule has 1 heterocycles. The third-order valence-electron chi connectivity index (χ3n) is 7.80. The average Bonchev–Trinajstić information content (AvgIpc) is 2.93. The van der Waals surface area contributed by atoms with Gasteiger partial charge in [-0.1, -0.05) is 30.3 Å². The van der Waals surface area contributed by atoms with Crippen LogP contribution in [0.15, 0.2) is 30.3 Å². The molecule has 1 saturated heterocycles. The lowest BCUT2D eigenvalue weighted by atomic mass is 9.67. The average molecular weight is 416 g/mol. The van der Waals surface area contributed by atoms with E-state index in [0.29, 0.717) is 25.9 Å². The summed E-state index contributed by atoms with van der Waals surface area (Å²) in [5, 5.41) is 20.1. The van der Waals surface area contributed by atoms with E-state index in [1.54, 1.807) is 0 Å². The van der Waals surface area contributed by atoms with Gasteiger partial charge in [0, 0.05) is 12.1 Å². The molecule has 1 aromatic rings. The number of amides is 2. The molecule has 0 bridgehead atoms. The zero-order chi connectivity index (χ0) is 21.6. The first-order valence-electron chi connectivity index (χ1n) is 10.9. The molecule has 0 radical (unpaired) electrons. The molecule has 4 rings (SSSR count). The summed E-state index contributed by atoms with van der Waals surface area (Å²) in [5.41, 5.74) is -0.0565. The van der Waals surface area contributed by atoms with Gasteiger partial charge in [0.2, 0.25) is 0 Å². The summed E-state index contributed by atoms with van der Waals surface area (Å²) in [7, 11) is 4.22. The summed E-state index contributed by atoms with van der Waals surface area (Å²) in [6.45, 7) is 0.446. The second-order valence-corrected chi connectivity index (χ2v) is 9.71. The molecule has 0 atom stereocenters. The van der Waals surface area contributed by atoms with Gasteiger partial charge in [0.25, 0.3) is 0 Å². The van der Waals surface area contributed by atoms with E-state index in [9.17, 15) is 19.8 Å². The summed E-state index contributed by atoms with van der Waals surface area (Å²) in [6.07, 6.45) is 5.73. The van der Waals surface area contributed by atoms with E-state index in [1.807, 2.05) is 11.0 Å². The fraction of sp³-hybridized carbons (Fsp3) is 0.652. The molecule has 1 aromatic carbocycles. The predicted molar refractivity (Wildman–Crippen MR) is 113 cm³/mol. The minimum Gasteiger partial charge on any atom is -0.480 e. The van der Waals surface area contributed by atoms with E-state index in [4.69, 9.17) is 0 Å². The van der Waals surface area contributed by atoms with Gasteiger partial charge in [-0.2, -0.15) is 0 Å². The number of benzene rings is 1. The Morgan fingerprint density at radius 3 is 2.20 bits per heavy atom. The smallest absolute Gasteiger partial charge is 0.323 e. The highest BCUT2D eigenvalue weighted by Crippen LogP contribution is 2.49. The molecule has 164 valence electrons. The van der Waals surface area contributed by atoms with E-state index < -0.39 is 17.1 Å². The number of rotatable bonds is 6. The van der Waals surface area contributed by atoms with Crippen molar-refractivity contribution in [1.82, 2.24) is 14.7 Å². The van der Waals surface area contributed by atoms with Crippen LogP contribution in [0.1, 0.15) is 50.5 Å². The summed E-state index contributed by atoms with van der Waals surface area (Å²) < 4.78 is 0. The number of β-amino-alcohol motifs (C(OH)–C–C–N with tert-alkyl or cyclic N) is 1. The zero-order valence-electron chi connectivity index (χ0n) is 18.0. The number of aliphatic hydroxyl groups is 1. The lowest BCUT2D eigenvalue weighted by molar-refractivity contribution is -0.137. The standard InChI is InChI=1S/C23H33N3O4/c1-24(2)23(18-7-4-3-5-8-18)13-11-21(12-14-23)16-25(15-19(27)28)20(29)26(21)17-22(30)9-6-10-22/h3-5,7-8,30H,6,9-17H2,1-2H3,(H,27,28)/t21-,23+. The molecule has 0 unspecified atom stereocenters. The van der Waals surface area contributed by atoms with Crippen LogP contribution in [0.25, 0.3) is 0 Å². The summed E-state index contributed by atoms with van der Waals surface area (Å²) in [6, 6.07) is 10.3. The summed E-state index contributed by atoms with van der Waals surface area (Å²) in [4.78, 5) is 30.1. The number of carbonyl (C=O) groups is 2. The molecule has 1 spiro atoms. The Morgan fingerprint density at radius 2 is 1.70 bits per heavy atom. The van der Waals surface area contributed by atoms with E-state index in [2.05, 4.69) is 43.3 Å². The minimum absolute atomic E-state index is 0.102. The minimum atomic E-state index is -0.995. The Bertz CT molecular complexity index is 798. The van der Waals surface area contributed by atoms with Gasteiger partial charge >= 0.3 is 12.0 Å². The SMILES string of the molecule is CN(C)[C@]1(c2ccccc2)CC[C@]2(CC1)CN(CC(=O)O)C(=O)N2CC1(O)CCC1. The van der Waals surface area contributed by atoms with E-state index in [0.717, 1.165) is 32.1 Å². The molecule has 2 saturated carbocycles. The summed E-state index contributed by atoms with van der Waals surface area (Å²) in [5.74, 6) is -0.995. The molecule has 0 aromatic heterocycles. The van der Waals surface area contributed by atoms with Gasteiger partial charge in [0.15, 0.2) is 0 Å². The van der Waals surface area contributed by atoms with Crippen LogP contribution in [0.4, 0.5) is 4.79 Å². The van der Waals surface area contributed by atoms with Crippen molar-refractivity contribution in [1.29, 1.82) is 0 Å². The lowest BCUT2D eigenvalue weighted by Gasteiger charge is -2.52. The first-order chi connectivity index (χ1) is 14.2. The van der Waals surface area contributed by atoms with Crippen molar-refractivity contribution in [2.75, 3.05) is 33.7 Å². The van der Waals surface area contributed by atoms with Crippen LogP contribution in [0.5, 0.6) is 0 Å². The van der Waals surface area contributed by atoms with Gasteiger partial charge < -0.3 is 20.0 Å². The van der Waals surface area contributed by atoms with Crippen molar-refractivity contribution in [2.24, 2.45) is 0 Å².